The zero-order valence-electron chi connectivity index (χ0n) is 15.6. The van der Waals surface area contributed by atoms with E-state index in [2.05, 4.69) is 35.3 Å². The third-order valence-corrected chi connectivity index (χ3v) is 7.41. The van der Waals surface area contributed by atoms with Crippen LogP contribution >= 0.6 is 11.3 Å². The van der Waals surface area contributed by atoms with Crippen LogP contribution in [-0.2, 0) is 25.8 Å². The average Bonchev–Trinajstić information content (AvgIpc) is 3.25. The topological polar surface area (TPSA) is 50.2 Å². The van der Waals surface area contributed by atoms with Crippen molar-refractivity contribution in [2.45, 2.75) is 45.1 Å². The van der Waals surface area contributed by atoms with E-state index >= 15 is 0 Å². The van der Waals surface area contributed by atoms with E-state index in [1.165, 1.54) is 54.8 Å². The smallest absolute Gasteiger partial charge is 0.260 e. The molecule has 3 aromatic rings. The summed E-state index contributed by atoms with van der Waals surface area (Å²) in [7, 11) is 0. The van der Waals surface area contributed by atoms with Gasteiger partial charge in [-0.2, -0.15) is 0 Å². The molecule has 4 nitrogen and oxygen atoms in total. The van der Waals surface area contributed by atoms with Gasteiger partial charge in [-0.05, 0) is 55.6 Å². The Kier molecular flexibility index (Phi) is 4.58. The molecular formula is C22H26N3OS+. The van der Waals surface area contributed by atoms with Crippen LogP contribution in [0.4, 0.5) is 0 Å². The zero-order chi connectivity index (χ0) is 18.2. The van der Waals surface area contributed by atoms with Crippen LogP contribution in [0.5, 0.6) is 0 Å². The molecule has 1 aliphatic heterocycles. The number of nitrogens with zero attached hydrogens (tertiary/aromatic N) is 1. The first-order chi connectivity index (χ1) is 13.3. The van der Waals surface area contributed by atoms with Gasteiger partial charge in [0.25, 0.3) is 5.56 Å². The third kappa shape index (κ3) is 3.46. The molecule has 0 atom stereocenters. The molecular weight excluding hydrogens is 354 g/mol. The Bertz CT molecular complexity index is 1000. The minimum absolute atomic E-state index is 0.0766. The second-order valence-corrected chi connectivity index (χ2v) is 9.19. The van der Waals surface area contributed by atoms with Gasteiger partial charge in [0.2, 0.25) is 0 Å². The lowest BCUT2D eigenvalue weighted by atomic mass is 9.90. The molecule has 0 saturated carbocycles. The van der Waals surface area contributed by atoms with Crippen LogP contribution in [0.3, 0.4) is 0 Å². The Morgan fingerprint density at radius 2 is 1.96 bits per heavy atom. The zero-order valence-corrected chi connectivity index (χ0v) is 16.4. The number of likely N-dealkylation sites (tertiary alicyclic amines) is 1. The van der Waals surface area contributed by atoms with Gasteiger partial charge in [0, 0.05) is 4.88 Å². The molecule has 27 heavy (non-hydrogen) atoms. The molecule has 1 aliphatic carbocycles. The number of aromatic amines is 1. The lowest BCUT2D eigenvalue weighted by molar-refractivity contribution is -0.920. The van der Waals surface area contributed by atoms with Crippen LogP contribution in [0.15, 0.2) is 35.1 Å². The molecule has 3 heterocycles. The third-order valence-electron chi connectivity index (χ3n) is 6.22. The standard InChI is InChI=1S/C22H25N3OS/c26-21-20-17-7-4-8-18(17)27-22(20)24-19(23-21)14-25-11-9-16(10-12-25)13-15-5-2-1-3-6-15/h1-3,5-6,16H,4,7-14H2,(H,23,24,26)/p+1. The number of aryl methyl sites for hydroxylation is 2. The Hall–Kier alpha value is -1.98. The summed E-state index contributed by atoms with van der Waals surface area (Å²) in [5.41, 5.74) is 2.80. The molecule has 2 N–H and O–H groups in total. The number of nitrogens with one attached hydrogen (secondary N) is 2. The van der Waals surface area contributed by atoms with Gasteiger partial charge in [0.05, 0.1) is 18.5 Å². The predicted molar refractivity (Wildman–Crippen MR) is 110 cm³/mol. The van der Waals surface area contributed by atoms with Gasteiger partial charge in [-0.25, -0.2) is 4.98 Å². The quantitative estimate of drug-likeness (QED) is 0.731. The van der Waals surface area contributed by atoms with Gasteiger partial charge >= 0.3 is 0 Å². The summed E-state index contributed by atoms with van der Waals surface area (Å²) in [6.45, 7) is 3.17. The fourth-order valence-corrected chi connectivity index (χ4v) is 6.06. The highest BCUT2D eigenvalue weighted by molar-refractivity contribution is 7.18. The van der Waals surface area contributed by atoms with Crippen molar-refractivity contribution in [3.63, 3.8) is 0 Å². The summed E-state index contributed by atoms with van der Waals surface area (Å²) in [4.78, 5) is 24.4. The monoisotopic (exact) mass is 380 g/mol. The Balaban J connectivity index is 1.25. The van der Waals surface area contributed by atoms with E-state index in [1.807, 2.05) is 0 Å². The second-order valence-electron chi connectivity index (χ2n) is 8.11. The van der Waals surface area contributed by atoms with Crippen molar-refractivity contribution < 1.29 is 4.90 Å². The van der Waals surface area contributed by atoms with Gasteiger partial charge in [0.1, 0.15) is 11.4 Å². The van der Waals surface area contributed by atoms with Crippen molar-refractivity contribution in [2.24, 2.45) is 5.92 Å². The molecule has 0 unspecified atom stereocenters. The number of quaternary nitrogens is 1. The maximum absolute atomic E-state index is 12.6. The molecule has 140 valence electrons. The average molecular weight is 381 g/mol. The predicted octanol–water partition coefficient (Wildman–Crippen LogP) is 2.51. The highest BCUT2D eigenvalue weighted by Crippen LogP contribution is 2.34. The molecule has 1 fully saturated rings. The van der Waals surface area contributed by atoms with Crippen LogP contribution < -0.4 is 10.5 Å². The first-order valence-corrected chi connectivity index (χ1v) is 11.0. The lowest BCUT2D eigenvalue weighted by Gasteiger charge is -2.29. The van der Waals surface area contributed by atoms with Crippen LogP contribution in [0.25, 0.3) is 10.2 Å². The van der Waals surface area contributed by atoms with E-state index in [-0.39, 0.29) is 5.56 Å². The number of hydrogen-bond acceptors (Lipinski definition) is 3. The largest absolute Gasteiger partial charge is 0.329 e. The van der Waals surface area contributed by atoms with Crippen molar-refractivity contribution in [3.8, 4) is 0 Å². The Morgan fingerprint density at radius 3 is 2.78 bits per heavy atom. The van der Waals surface area contributed by atoms with Crippen molar-refractivity contribution in [3.05, 3.63) is 62.5 Å². The van der Waals surface area contributed by atoms with E-state index in [9.17, 15) is 4.79 Å². The fourth-order valence-electron chi connectivity index (χ4n) is 4.78. The van der Waals surface area contributed by atoms with Gasteiger partial charge < -0.3 is 9.88 Å². The highest BCUT2D eigenvalue weighted by atomic mass is 32.1. The Morgan fingerprint density at radius 1 is 1.15 bits per heavy atom. The molecule has 5 heteroatoms. The van der Waals surface area contributed by atoms with E-state index in [4.69, 9.17) is 4.98 Å². The molecule has 0 radical (unpaired) electrons. The van der Waals surface area contributed by atoms with E-state index in [1.54, 1.807) is 16.2 Å². The SMILES string of the molecule is O=c1[nH]c(C[NH+]2CCC(Cc3ccccc3)CC2)nc2sc3c(c12)CCC3. The summed E-state index contributed by atoms with van der Waals surface area (Å²) in [5.74, 6) is 1.65. The fraction of sp³-hybridized carbons (Fsp3) is 0.455. The normalized spacial score (nSPS) is 22.2. The molecule has 0 spiro atoms. The number of benzene rings is 1. The summed E-state index contributed by atoms with van der Waals surface area (Å²) in [5, 5.41) is 0.868. The molecule has 1 aromatic carbocycles. The summed E-state index contributed by atoms with van der Waals surface area (Å²) in [6, 6.07) is 10.8. The lowest BCUT2D eigenvalue weighted by Crippen LogP contribution is -3.11. The number of fused-ring (bicyclic) bond motifs is 3. The van der Waals surface area contributed by atoms with Crippen molar-refractivity contribution >= 4 is 21.6 Å². The van der Waals surface area contributed by atoms with Crippen molar-refractivity contribution in [2.75, 3.05) is 13.1 Å². The summed E-state index contributed by atoms with van der Waals surface area (Å²) in [6.07, 6.45) is 7.04. The van der Waals surface area contributed by atoms with Crippen LogP contribution in [-0.4, -0.2) is 23.1 Å². The summed E-state index contributed by atoms with van der Waals surface area (Å²) >= 11 is 1.74. The number of rotatable bonds is 4. The van der Waals surface area contributed by atoms with Crippen molar-refractivity contribution in [1.29, 1.82) is 0 Å². The van der Waals surface area contributed by atoms with E-state index in [0.717, 1.165) is 41.3 Å². The van der Waals surface area contributed by atoms with Crippen molar-refractivity contribution in [1.82, 2.24) is 9.97 Å². The number of thiophene rings is 1. The van der Waals surface area contributed by atoms with Gasteiger partial charge in [-0.1, -0.05) is 30.3 Å². The summed E-state index contributed by atoms with van der Waals surface area (Å²) < 4.78 is 0. The van der Waals surface area contributed by atoms with Crippen LogP contribution in [0, 0.1) is 5.92 Å². The first-order valence-electron chi connectivity index (χ1n) is 10.2. The Labute approximate surface area is 163 Å². The first kappa shape index (κ1) is 17.1. The van der Waals surface area contributed by atoms with Crippen LogP contribution in [0.1, 0.15) is 41.1 Å². The maximum Gasteiger partial charge on any atom is 0.260 e. The minimum Gasteiger partial charge on any atom is -0.329 e. The molecule has 1 saturated heterocycles. The van der Waals surface area contributed by atoms with Gasteiger partial charge in [0.15, 0.2) is 5.82 Å². The molecule has 0 bridgehead atoms. The molecule has 0 amide bonds. The van der Waals surface area contributed by atoms with E-state index in [0.29, 0.717) is 0 Å². The second kappa shape index (κ2) is 7.21. The molecule has 2 aromatic heterocycles. The number of hydrogen-bond donors (Lipinski definition) is 2. The van der Waals surface area contributed by atoms with E-state index < -0.39 is 0 Å². The minimum atomic E-state index is 0.0766. The van der Waals surface area contributed by atoms with Gasteiger partial charge in [-0.15, -0.1) is 11.3 Å². The highest BCUT2D eigenvalue weighted by Gasteiger charge is 2.25. The number of piperidine rings is 1. The number of H-pyrrole nitrogens is 1. The number of aromatic nitrogens is 2. The molecule has 2 aliphatic rings. The van der Waals surface area contributed by atoms with Gasteiger partial charge in [-0.3, -0.25) is 4.79 Å². The maximum atomic E-state index is 12.6. The van der Waals surface area contributed by atoms with Crippen LogP contribution in [0.2, 0.25) is 0 Å². The molecule has 5 rings (SSSR count).